The minimum atomic E-state index is -1.06. The molecule has 12 N–H and O–H groups in total. The molecule has 37 nitrogen and oxygen atoms in total. The highest BCUT2D eigenvalue weighted by atomic mass is 32.1. The van der Waals surface area contributed by atoms with Crippen LogP contribution in [-0.2, 0) is 68.7 Å². The third-order valence-corrected chi connectivity index (χ3v) is 27.9. The average molecular weight is 2050 g/mol. The molecule has 4 aromatic heterocycles. The minimum Gasteiger partial charge on any atom is -0.379 e. The van der Waals surface area contributed by atoms with Crippen molar-refractivity contribution in [1.82, 2.24) is 100 Å². The molecule has 4 aliphatic rings. The molecule has 0 saturated carbocycles. The molecule has 15 rings (SSSR count). The van der Waals surface area contributed by atoms with Crippen LogP contribution in [-0.4, -0.2) is 256 Å². The van der Waals surface area contributed by atoms with Crippen LogP contribution in [0.15, 0.2) is 206 Å². The van der Waals surface area contributed by atoms with Gasteiger partial charge in [0.2, 0.25) is 70.9 Å². The summed E-state index contributed by atoms with van der Waals surface area (Å²) in [5, 5.41) is 53.6. The summed E-state index contributed by atoms with van der Waals surface area (Å²) in [5.74, 6) is -3.96. The van der Waals surface area contributed by atoms with E-state index in [-0.39, 0.29) is 70.9 Å². The second kappa shape index (κ2) is 54.7. The van der Waals surface area contributed by atoms with Crippen LogP contribution in [0.1, 0.15) is 141 Å². The Balaban J connectivity index is 0.000000173. The number of ether oxygens (including phenoxy) is 1. The summed E-state index contributed by atoms with van der Waals surface area (Å²) >= 11 is 4.36. The number of benzene rings is 7. The summed E-state index contributed by atoms with van der Waals surface area (Å²) in [6.45, 7) is 15.0. The zero-order valence-corrected chi connectivity index (χ0v) is 86.0. The Morgan fingerprint density at radius 3 is 1.01 bits per heavy atom. The molecule has 766 valence electrons. The highest BCUT2D eigenvalue weighted by Gasteiger charge is 2.45. The standard InChI is InChI=1S/C33H36N6O3S.C25H27FN6O3S.C23H32N6O3S.C22H30N6O4S/c1-23(34-21-11-15-24-13-5-2-6-14-24)30(40)35-29(26-18-9-4-10-19-26)33(42)39-22-12-20-27(39)31(41)36-32-28(37-38-43-32)25-16-7-3-8-17-25;1-15(27-2)22(33)28-21(17-10-12-18(26)13-11-17)25(35)32-14-6-9-19(32)23(34)29-24-20(30-31-36-24)16-7-4-3-5-8-16;1-14(2)13-17(25-20(30)15(3)24-4)23(32)29-12-8-11-18(29)21(31)26-22-19(27-28-33-22)16-9-6-5-7-10-16;1-13(23-3)19(29)24-17(14(2)32-4)22(31)28-12-8-11-16(28)20(30)25-21-18(26-27-33-21)15-9-6-5-7-10-15/h2-10,13-14,16-19,23,27,29,34H,11-12,15,20-22H2,1H3,(H,35,40)(H,36,41);3-5,7-8,10-13,15,19,21,27H,6,9,14H2,1-2H3,(H,28,33)(H,29,34);5-7,9-10,14-15,17-18,24H,8,11-13H2,1-4H3,(H,25,30)(H,26,31);5-7,9-10,13-14,16-17,23H,8,11-12H2,1-4H3,(H,24,29)(H,25,30)/t23?,27-,29-;15-,19-,21-;15-,17-,18-;13-,14+,16-,17-/m0000/s1. The molecule has 13 atom stereocenters. The Kier molecular flexibility index (Phi) is 41.5. The Labute approximate surface area is 858 Å². The Morgan fingerprint density at radius 2 is 0.676 bits per heavy atom. The van der Waals surface area contributed by atoms with Gasteiger partial charge in [0, 0.05) is 102 Å². The van der Waals surface area contributed by atoms with E-state index >= 15 is 0 Å². The van der Waals surface area contributed by atoms with Crippen LogP contribution in [0.2, 0.25) is 0 Å². The van der Waals surface area contributed by atoms with Gasteiger partial charge in [0.15, 0.2) is 0 Å². The Hall–Kier alpha value is -13.9. The van der Waals surface area contributed by atoms with Gasteiger partial charge in [-0.15, -0.1) is 20.4 Å². The van der Waals surface area contributed by atoms with Gasteiger partial charge < -0.3 is 88.1 Å². The van der Waals surface area contributed by atoms with Crippen molar-refractivity contribution in [2.75, 3.05) is 82.2 Å². The van der Waals surface area contributed by atoms with Gasteiger partial charge in [0.05, 0.1) is 30.3 Å². The number of aromatic nitrogens is 8. The van der Waals surface area contributed by atoms with Crippen molar-refractivity contribution in [2.24, 2.45) is 5.92 Å². The predicted octanol–water partition coefficient (Wildman–Crippen LogP) is 10.9. The summed E-state index contributed by atoms with van der Waals surface area (Å²) in [6, 6.07) is 54.5. The maximum Gasteiger partial charge on any atom is 0.250 e. The molecule has 8 heterocycles. The Morgan fingerprint density at radius 1 is 0.372 bits per heavy atom. The van der Waals surface area contributed by atoms with E-state index < -0.39 is 90.3 Å². The number of carbonyl (C=O) groups excluding carboxylic acids is 12. The number of aryl methyl sites for hydroxylation is 1. The quantitative estimate of drug-likeness (QED) is 0.0160. The lowest BCUT2D eigenvalue weighted by Gasteiger charge is -2.31. The van der Waals surface area contributed by atoms with E-state index in [9.17, 15) is 61.9 Å². The number of nitrogens with one attached hydrogen (secondary N) is 12. The van der Waals surface area contributed by atoms with E-state index in [1.165, 1.54) is 46.7 Å². The smallest absolute Gasteiger partial charge is 0.250 e. The average Bonchev–Trinajstić information content (AvgIpc) is 1.68. The fourth-order valence-corrected chi connectivity index (χ4v) is 19.3. The van der Waals surface area contributed by atoms with E-state index in [1.807, 2.05) is 184 Å². The maximum atomic E-state index is 14.0. The van der Waals surface area contributed by atoms with E-state index in [0.29, 0.717) is 138 Å². The van der Waals surface area contributed by atoms with E-state index in [2.05, 4.69) is 114 Å². The van der Waals surface area contributed by atoms with E-state index in [4.69, 9.17) is 4.74 Å². The number of carbonyl (C=O) groups is 12. The molecule has 7 aromatic carbocycles. The molecule has 42 heteroatoms. The second-order valence-corrected chi connectivity index (χ2v) is 38.8. The van der Waals surface area contributed by atoms with Crippen molar-refractivity contribution in [3.63, 3.8) is 0 Å². The number of amides is 12. The fraction of sp³-hybridized carbons (Fsp3) is 0.398. The maximum absolute atomic E-state index is 14.0. The van der Waals surface area contributed by atoms with E-state index in [1.54, 1.807) is 65.6 Å². The molecule has 0 spiro atoms. The van der Waals surface area contributed by atoms with Gasteiger partial charge >= 0.3 is 0 Å². The first-order chi connectivity index (χ1) is 70.1. The molecule has 145 heavy (non-hydrogen) atoms. The molecule has 4 saturated heterocycles. The van der Waals surface area contributed by atoms with Crippen molar-refractivity contribution in [3.8, 4) is 45.0 Å². The lowest BCUT2D eigenvalue weighted by molar-refractivity contribution is -0.143. The van der Waals surface area contributed by atoms with Crippen LogP contribution in [0, 0.1) is 11.7 Å². The highest BCUT2D eigenvalue weighted by molar-refractivity contribution is 7.11. The van der Waals surface area contributed by atoms with Gasteiger partial charge in [-0.2, -0.15) is 0 Å². The first kappa shape index (κ1) is 110. The molecule has 11 aromatic rings. The van der Waals surface area contributed by atoms with Crippen LogP contribution in [0.3, 0.4) is 0 Å². The zero-order chi connectivity index (χ0) is 104. The third-order valence-electron chi connectivity index (χ3n) is 25.4. The van der Waals surface area contributed by atoms with Crippen LogP contribution in [0.5, 0.6) is 0 Å². The minimum absolute atomic E-state index is 0.204. The van der Waals surface area contributed by atoms with Crippen molar-refractivity contribution in [2.45, 2.75) is 198 Å². The largest absolute Gasteiger partial charge is 0.379 e. The summed E-state index contributed by atoms with van der Waals surface area (Å²) in [4.78, 5) is 165. The van der Waals surface area contributed by atoms with Gasteiger partial charge in [0.25, 0.3) is 0 Å². The summed E-state index contributed by atoms with van der Waals surface area (Å²) < 4.78 is 34.9. The molecule has 4 fully saturated rings. The SMILES string of the molecule is CC(NCCCc1ccccc1)C(=O)N[C@H](C(=O)N1CCC[C@H]1C(=O)Nc1snnc1-c1ccccc1)c1ccccc1.CN[C@@H](C)C(=O)N[C@@H](CC(C)C)C(=O)N1CCC[C@H]1C(=O)Nc1snnc1-c1ccccc1.CN[C@@H](C)C(=O)N[C@H](C(=O)N1CCC[C@H]1C(=O)Nc1snnc1-c1ccccc1)[C@@H](C)OC.CN[C@@H](C)C(=O)N[C@H](C(=O)N1CCC[C@H]1C(=O)Nc1snnc1-c1ccccc1)c1ccc(F)cc1. The van der Waals surface area contributed by atoms with Gasteiger partial charge in [-0.3, -0.25) is 57.5 Å². The van der Waals surface area contributed by atoms with Crippen LogP contribution < -0.4 is 63.8 Å². The lowest BCUT2D eigenvalue weighted by atomic mass is 10.0. The van der Waals surface area contributed by atoms with Crippen LogP contribution in [0.25, 0.3) is 45.0 Å². The summed E-state index contributed by atoms with van der Waals surface area (Å²) in [6.07, 6.45) is 6.56. The Bertz CT molecular complexity index is 6100. The van der Waals surface area contributed by atoms with Gasteiger partial charge in [-0.1, -0.05) is 226 Å². The second-order valence-electron chi connectivity index (χ2n) is 35.7. The molecule has 0 aliphatic carbocycles. The van der Waals surface area contributed by atoms with E-state index in [0.717, 1.165) is 87.6 Å². The molecular weight excluding hydrogens is 1930 g/mol. The van der Waals surface area contributed by atoms with Crippen LogP contribution in [0.4, 0.5) is 24.4 Å². The molecular formula is C103H125FN24O13S4. The van der Waals surface area contributed by atoms with Gasteiger partial charge in [-0.05, 0) is 168 Å². The molecule has 4 aliphatic heterocycles. The first-order valence-corrected chi connectivity index (χ1v) is 51.5. The highest BCUT2D eigenvalue weighted by Crippen LogP contribution is 2.37. The normalized spacial score (nSPS) is 17.1. The number of nitrogens with zero attached hydrogens (tertiary/aromatic N) is 12. The third kappa shape index (κ3) is 29.9. The van der Waals surface area contributed by atoms with Gasteiger partial charge in [0.1, 0.15) is 96.9 Å². The number of hydrogen-bond donors (Lipinski definition) is 12. The fourth-order valence-electron chi connectivity index (χ4n) is 16.9. The number of rotatable bonds is 38. The number of halogens is 1. The molecule has 0 bridgehead atoms. The number of anilines is 4. The summed E-state index contributed by atoms with van der Waals surface area (Å²) in [5.41, 5.74) is 8.07. The number of likely N-dealkylation sites (tertiary alicyclic amines) is 4. The topological polar surface area (TPSA) is 475 Å². The van der Waals surface area contributed by atoms with Gasteiger partial charge in [-0.25, -0.2) is 4.39 Å². The van der Waals surface area contributed by atoms with Crippen LogP contribution >= 0.6 is 46.1 Å². The zero-order valence-electron chi connectivity index (χ0n) is 82.7. The molecule has 12 amide bonds. The summed E-state index contributed by atoms with van der Waals surface area (Å²) in [7, 11) is 6.48. The predicted molar refractivity (Wildman–Crippen MR) is 557 cm³/mol. The van der Waals surface area contributed by atoms with Crippen molar-refractivity contribution in [1.29, 1.82) is 0 Å². The molecule has 1 unspecified atom stereocenters. The van der Waals surface area contributed by atoms with Crippen molar-refractivity contribution < 1.29 is 66.7 Å². The van der Waals surface area contributed by atoms with Crippen molar-refractivity contribution >= 4 is 137 Å². The molecule has 0 radical (unpaired) electrons. The lowest BCUT2D eigenvalue weighted by Crippen LogP contribution is -2.58. The monoisotopic (exact) mass is 2050 g/mol. The van der Waals surface area contributed by atoms with Crippen molar-refractivity contribution in [3.05, 3.63) is 229 Å². The number of likely N-dealkylation sites (N-methyl/N-ethyl adjacent to an activating group) is 3. The number of methoxy groups -OCH3 is 1. The first-order valence-electron chi connectivity index (χ1n) is 48.4. The number of hydrogen-bond acceptors (Lipinski definition) is 29.